The monoisotopic (exact) mass is 405 g/mol. The van der Waals surface area contributed by atoms with Crippen molar-refractivity contribution in [3.8, 4) is 11.4 Å². The molecule has 156 valence electrons. The summed E-state index contributed by atoms with van der Waals surface area (Å²) < 4.78 is 7.31. The number of anilines is 1. The van der Waals surface area contributed by atoms with E-state index in [0.29, 0.717) is 17.1 Å². The number of ketones is 1. The fraction of sp³-hybridized carbons (Fsp3) is 0.292. The van der Waals surface area contributed by atoms with Gasteiger partial charge in [-0.1, -0.05) is 45.0 Å². The standard InChI is InChI=1S/C24H27N3O3/c1-16-8-6-10-19(12-16)27-22(14-21(26-27)24(3,4)5)25-23(29)15-30-20-11-7-9-18(13-20)17(2)28/h6-14H,15H2,1-5H3,(H,25,29). The van der Waals surface area contributed by atoms with Crippen molar-refractivity contribution in [2.45, 2.75) is 40.0 Å². The number of amides is 1. The Morgan fingerprint density at radius 3 is 2.47 bits per heavy atom. The molecule has 0 aliphatic carbocycles. The highest BCUT2D eigenvalue weighted by atomic mass is 16.5. The molecule has 0 fully saturated rings. The Labute approximate surface area is 176 Å². The Morgan fingerprint density at radius 2 is 1.80 bits per heavy atom. The second kappa shape index (κ2) is 8.53. The average molecular weight is 405 g/mol. The van der Waals surface area contributed by atoms with Crippen LogP contribution in [0.25, 0.3) is 5.69 Å². The van der Waals surface area contributed by atoms with Crippen LogP contribution in [0.2, 0.25) is 0 Å². The molecule has 6 heteroatoms. The summed E-state index contributed by atoms with van der Waals surface area (Å²) in [7, 11) is 0. The third-order valence-corrected chi connectivity index (χ3v) is 4.60. The van der Waals surface area contributed by atoms with Gasteiger partial charge in [-0.2, -0.15) is 5.10 Å². The molecule has 1 amide bonds. The summed E-state index contributed by atoms with van der Waals surface area (Å²) in [6.07, 6.45) is 0. The van der Waals surface area contributed by atoms with Crippen molar-refractivity contribution in [1.82, 2.24) is 9.78 Å². The first-order chi connectivity index (χ1) is 14.1. The Bertz CT molecular complexity index is 1080. The van der Waals surface area contributed by atoms with Crippen LogP contribution in [0.4, 0.5) is 5.82 Å². The van der Waals surface area contributed by atoms with Crippen LogP contribution in [-0.2, 0) is 10.2 Å². The summed E-state index contributed by atoms with van der Waals surface area (Å²) >= 11 is 0. The van der Waals surface area contributed by atoms with E-state index in [1.807, 2.05) is 37.3 Å². The zero-order valence-corrected chi connectivity index (χ0v) is 18.0. The van der Waals surface area contributed by atoms with E-state index in [-0.39, 0.29) is 23.7 Å². The first-order valence-corrected chi connectivity index (χ1v) is 9.85. The van der Waals surface area contributed by atoms with E-state index in [2.05, 4.69) is 26.1 Å². The molecule has 3 rings (SSSR count). The number of nitrogens with zero attached hydrogens (tertiary/aromatic N) is 2. The third-order valence-electron chi connectivity index (χ3n) is 4.60. The average Bonchev–Trinajstić information content (AvgIpc) is 3.11. The van der Waals surface area contributed by atoms with Crippen LogP contribution in [0.5, 0.6) is 5.75 Å². The summed E-state index contributed by atoms with van der Waals surface area (Å²) in [5.41, 5.74) is 3.22. The van der Waals surface area contributed by atoms with E-state index < -0.39 is 0 Å². The molecule has 0 aliphatic rings. The fourth-order valence-corrected chi connectivity index (χ4v) is 2.93. The normalized spacial score (nSPS) is 11.2. The number of carbonyl (C=O) groups is 2. The first kappa shape index (κ1) is 21.3. The van der Waals surface area contributed by atoms with Gasteiger partial charge in [0.05, 0.1) is 11.4 Å². The molecule has 6 nitrogen and oxygen atoms in total. The lowest BCUT2D eigenvalue weighted by Crippen LogP contribution is -2.22. The maximum Gasteiger partial charge on any atom is 0.263 e. The van der Waals surface area contributed by atoms with Gasteiger partial charge in [0.2, 0.25) is 0 Å². The van der Waals surface area contributed by atoms with Crippen molar-refractivity contribution < 1.29 is 14.3 Å². The van der Waals surface area contributed by atoms with Crippen molar-refractivity contribution in [3.63, 3.8) is 0 Å². The van der Waals surface area contributed by atoms with Gasteiger partial charge in [-0.25, -0.2) is 4.68 Å². The smallest absolute Gasteiger partial charge is 0.263 e. The first-order valence-electron chi connectivity index (χ1n) is 9.85. The molecule has 3 aromatic rings. The summed E-state index contributed by atoms with van der Waals surface area (Å²) in [5.74, 6) is 0.691. The number of Topliss-reactive ketones (excluding diaryl/α,β-unsaturated/α-hetero) is 1. The predicted octanol–water partition coefficient (Wildman–Crippen LogP) is 4.70. The number of rotatable bonds is 6. The summed E-state index contributed by atoms with van der Waals surface area (Å²) in [4.78, 5) is 24.1. The number of nitrogens with one attached hydrogen (secondary N) is 1. The minimum Gasteiger partial charge on any atom is -0.484 e. The van der Waals surface area contributed by atoms with E-state index in [4.69, 9.17) is 9.84 Å². The minimum atomic E-state index is -0.308. The highest BCUT2D eigenvalue weighted by molar-refractivity contribution is 5.94. The predicted molar refractivity (Wildman–Crippen MR) is 118 cm³/mol. The van der Waals surface area contributed by atoms with Crippen molar-refractivity contribution in [3.05, 3.63) is 71.4 Å². The van der Waals surface area contributed by atoms with Gasteiger partial charge in [-0.15, -0.1) is 0 Å². The molecular formula is C24H27N3O3. The molecule has 0 unspecified atom stereocenters. The van der Waals surface area contributed by atoms with Gasteiger partial charge in [0.25, 0.3) is 5.91 Å². The maximum absolute atomic E-state index is 12.6. The van der Waals surface area contributed by atoms with Crippen molar-refractivity contribution >= 4 is 17.5 Å². The number of hydrogen-bond donors (Lipinski definition) is 1. The van der Waals surface area contributed by atoms with E-state index in [9.17, 15) is 9.59 Å². The van der Waals surface area contributed by atoms with Crippen LogP contribution in [0.15, 0.2) is 54.6 Å². The number of hydrogen-bond acceptors (Lipinski definition) is 4. The lowest BCUT2D eigenvalue weighted by molar-refractivity contribution is -0.118. The van der Waals surface area contributed by atoms with Crippen LogP contribution in [-0.4, -0.2) is 28.1 Å². The van der Waals surface area contributed by atoms with E-state index in [0.717, 1.165) is 16.9 Å². The van der Waals surface area contributed by atoms with Crippen LogP contribution in [0.3, 0.4) is 0 Å². The van der Waals surface area contributed by atoms with Crippen LogP contribution in [0.1, 0.15) is 49.3 Å². The fourth-order valence-electron chi connectivity index (χ4n) is 2.93. The minimum absolute atomic E-state index is 0.0540. The largest absolute Gasteiger partial charge is 0.484 e. The topological polar surface area (TPSA) is 73.2 Å². The zero-order chi connectivity index (χ0) is 21.9. The number of aromatic nitrogens is 2. The summed E-state index contributed by atoms with van der Waals surface area (Å²) in [6, 6.07) is 16.6. The summed E-state index contributed by atoms with van der Waals surface area (Å²) in [6.45, 7) is 9.56. The lowest BCUT2D eigenvalue weighted by Gasteiger charge is -2.14. The Kier molecular flexibility index (Phi) is 6.06. The maximum atomic E-state index is 12.6. The molecule has 0 saturated heterocycles. The van der Waals surface area contributed by atoms with Gasteiger partial charge in [0.15, 0.2) is 12.4 Å². The number of aryl methyl sites for hydroxylation is 1. The van der Waals surface area contributed by atoms with Crippen LogP contribution in [0, 0.1) is 6.92 Å². The molecule has 2 aromatic carbocycles. The SMILES string of the molecule is CC(=O)c1cccc(OCC(=O)Nc2cc(C(C)(C)C)nn2-c2cccc(C)c2)c1. The van der Waals surface area contributed by atoms with E-state index in [1.54, 1.807) is 28.9 Å². The number of carbonyl (C=O) groups excluding carboxylic acids is 2. The molecule has 0 saturated carbocycles. The molecule has 1 N–H and O–H groups in total. The molecule has 1 heterocycles. The molecule has 1 aromatic heterocycles. The lowest BCUT2D eigenvalue weighted by atomic mass is 9.92. The van der Waals surface area contributed by atoms with Gasteiger partial charge >= 0.3 is 0 Å². The quantitative estimate of drug-likeness (QED) is 0.604. The third kappa shape index (κ3) is 5.14. The van der Waals surface area contributed by atoms with Gasteiger partial charge in [-0.3, -0.25) is 9.59 Å². The van der Waals surface area contributed by atoms with E-state index in [1.165, 1.54) is 6.92 Å². The second-order valence-corrected chi connectivity index (χ2v) is 8.34. The van der Waals surface area contributed by atoms with Gasteiger partial charge in [0, 0.05) is 17.0 Å². The van der Waals surface area contributed by atoms with Gasteiger partial charge < -0.3 is 10.1 Å². The molecule has 0 aliphatic heterocycles. The van der Waals surface area contributed by atoms with Gasteiger partial charge in [0.1, 0.15) is 11.6 Å². The van der Waals surface area contributed by atoms with Crippen molar-refractivity contribution in [2.24, 2.45) is 0 Å². The molecule has 0 radical (unpaired) electrons. The van der Waals surface area contributed by atoms with E-state index >= 15 is 0 Å². The second-order valence-electron chi connectivity index (χ2n) is 8.34. The molecule has 0 bridgehead atoms. The molecule has 30 heavy (non-hydrogen) atoms. The summed E-state index contributed by atoms with van der Waals surface area (Å²) in [5, 5.41) is 7.62. The zero-order valence-electron chi connectivity index (χ0n) is 18.0. The Balaban J connectivity index is 1.79. The number of ether oxygens (including phenoxy) is 1. The molecular weight excluding hydrogens is 378 g/mol. The number of benzene rings is 2. The van der Waals surface area contributed by atoms with Crippen LogP contribution < -0.4 is 10.1 Å². The highest BCUT2D eigenvalue weighted by Crippen LogP contribution is 2.26. The highest BCUT2D eigenvalue weighted by Gasteiger charge is 2.21. The van der Waals surface area contributed by atoms with Crippen molar-refractivity contribution in [1.29, 1.82) is 0 Å². The molecule has 0 spiro atoms. The Morgan fingerprint density at radius 1 is 1.07 bits per heavy atom. The Hall–Kier alpha value is -3.41. The van der Waals surface area contributed by atoms with Crippen LogP contribution >= 0.6 is 0 Å². The van der Waals surface area contributed by atoms with Crippen molar-refractivity contribution in [2.75, 3.05) is 11.9 Å². The molecule has 0 atom stereocenters. The van der Waals surface area contributed by atoms with Gasteiger partial charge in [-0.05, 0) is 43.7 Å².